The average Bonchev–Trinajstić information content (AvgIpc) is 2.96. The highest BCUT2D eigenvalue weighted by atomic mass is 19.4. The lowest BCUT2D eigenvalue weighted by Gasteiger charge is -2.40. The summed E-state index contributed by atoms with van der Waals surface area (Å²) in [5.41, 5.74) is 3.01. The Labute approximate surface area is 229 Å². The third kappa shape index (κ3) is 6.53. The number of anilines is 4. The summed E-state index contributed by atoms with van der Waals surface area (Å²) >= 11 is 0. The van der Waals surface area contributed by atoms with Gasteiger partial charge in [-0.05, 0) is 36.8 Å². The summed E-state index contributed by atoms with van der Waals surface area (Å²) in [7, 11) is 1.65. The summed E-state index contributed by atoms with van der Waals surface area (Å²) < 4.78 is 37.0. The van der Waals surface area contributed by atoms with Gasteiger partial charge in [0.2, 0.25) is 5.91 Å². The highest BCUT2D eigenvalue weighted by Crippen LogP contribution is 2.38. The molecular weight excluding hydrogens is 529 g/mol. The Morgan fingerprint density at radius 1 is 1.02 bits per heavy atom. The number of piperazine rings is 1. The van der Waals surface area contributed by atoms with Crippen molar-refractivity contribution in [1.29, 1.82) is 0 Å². The second-order valence-electron chi connectivity index (χ2n) is 9.15. The summed E-state index contributed by atoms with van der Waals surface area (Å²) in [6, 6.07) is 17.9. The molecule has 0 saturated carbocycles. The van der Waals surface area contributed by atoms with Gasteiger partial charge < -0.3 is 25.0 Å². The minimum atomic E-state index is -5.08. The molecule has 2 aromatic carbocycles. The fraction of sp³-hybridized carbons (Fsp3) is 0.333. The Balaban J connectivity index is 0.000000470. The molecule has 3 heterocycles. The van der Waals surface area contributed by atoms with Crippen LogP contribution in [0.3, 0.4) is 0 Å². The molecule has 1 atom stereocenters. The smallest absolute Gasteiger partial charge is 0.490 e. The molecule has 1 saturated heterocycles. The van der Waals surface area contributed by atoms with E-state index in [0.717, 1.165) is 49.0 Å². The number of carbonyl (C=O) groups excluding carboxylic acids is 1. The van der Waals surface area contributed by atoms with Crippen LogP contribution in [0.1, 0.15) is 12.5 Å². The van der Waals surface area contributed by atoms with E-state index in [-0.39, 0.29) is 11.9 Å². The van der Waals surface area contributed by atoms with Gasteiger partial charge in [0.05, 0.1) is 13.7 Å². The molecule has 5 rings (SSSR count). The van der Waals surface area contributed by atoms with E-state index in [4.69, 9.17) is 14.6 Å². The van der Waals surface area contributed by atoms with Gasteiger partial charge in [-0.25, -0.2) is 14.8 Å². The van der Waals surface area contributed by atoms with E-state index in [2.05, 4.69) is 49.4 Å². The number of carbonyl (C=O) groups is 2. The minimum Gasteiger partial charge on any atom is -0.497 e. The van der Waals surface area contributed by atoms with Crippen molar-refractivity contribution in [2.75, 3.05) is 53.3 Å². The van der Waals surface area contributed by atoms with Crippen molar-refractivity contribution in [2.45, 2.75) is 25.7 Å². The van der Waals surface area contributed by atoms with E-state index in [9.17, 15) is 18.0 Å². The SMILES string of the molecule is COc1ccc(CN2C(=O)C(C)Nc3ncnc(N4CCN(c5ccccc5)CC4)c32)cc1.O=C(O)C(F)(F)F. The van der Waals surface area contributed by atoms with Crippen LogP contribution in [-0.4, -0.2) is 72.5 Å². The maximum absolute atomic E-state index is 13.2. The molecule has 1 amide bonds. The first kappa shape index (κ1) is 28.5. The number of hydrogen-bond acceptors (Lipinski definition) is 8. The van der Waals surface area contributed by atoms with E-state index in [1.54, 1.807) is 13.4 Å². The Kier molecular flexibility index (Phi) is 8.61. The van der Waals surface area contributed by atoms with E-state index in [1.807, 2.05) is 42.2 Å². The molecule has 0 spiro atoms. The predicted molar refractivity (Wildman–Crippen MR) is 144 cm³/mol. The van der Waals surface area contributed by atoms with Crippen molar-refractivity contribution in [1.82, 2.24) is 9.97 Å². The molecule has 2 aliphatic rings. The normalized spacial score (nSPS) is 16.9. The molecule has 0 bridgehead atoms. The van der Waals surface area contributed by atoms with Crippen LogP contribution >= 0.6 is 0 Å². The maximum atomic E-state index is 13.2. The summed E-state index contributed by atoms with van der Waals surface area (Å²) in [5.74, 6) is -0.454. The van der Waals surface area contributed by atoms with Gasteiger partial charge in [0.25, 0.3) is 0 Å². The van der Waals surface area contributed by atoms with Crippen LogP contribution in [0, 0.1) is 0 Å². The molecule has 1 aromatic heterocycles. The van der Waals surface area contributed by atoms with Crippen LogP contribution in [0.2, 0.25) is 0 Å². The summed E-state index contributed by atoms with van der Waals surface area (Å²) in [4.78, 5) is 37.7. The number of halogens is 3. The van der Waals surface area contributed by atoms with Crippen LogP contribution in [-0.2, 0) is 16.1 Å². The van der Waals surface area contributed by atoms with Crippen molar-refractivity contribution in [3.05, 3.63) is 66.5 Å². The van der Waals surface area contributed by atoms with Crippen molar-refractivity contribution in [3.8, 4) is 5.75 Å². The third-order valence-corrected chi connectivity index (χ3v) is 6.51. The number of aromatic nitrogens is 2. The minimum absolute atomic E-state index is 0.0114. The number of para-hydroxylation sites is 1. The van der Waals surface area contributed by atoms with Crippen LogP contribution in [0.4, 0.5) is 36.2 Å². The van der Waals surface area contributed by atoms with E-state index in [1.165, 1.54) is 5.69 Å². The van der Waals surface area contributed by atoms with Crippen LogP contribution in [0.5, 0.6) is 5.75 Å². The molecular formula is C27H29F3N6O4. The second kappa shape index (κ2) is 12.1. The predicted octanol–water partition coefficient (Wildman–Crippen LogP) is 3.79. The number of nitrogens with one attached hydrogen (secondary N) is 1. The lowest BCUT2D eigenvalue weighted by molar-refractivity contribution is -0.192. The number of methoxy groups -OCH3 is 1. The van der Waals surface area contributed by atoms with Crippen molar-refractivity contribution in [3.63, 3.8) is 0 Å². The van der Waals surface area contributed by atoms with Crippen molar-refractivity contribution >= 4 is 34.9 Å². The van der Waals surface area contributed by atoms with Crippen molar-refractivity contribution < 1.29 is 32.6 Å². The molecule has 10 nitrogen and oxygen atoms in total. The number of rotatable bonds is 5. The monoisotopic (exact) mass is 558 g/mol. The number of ether oxygens (including phenoxy) is 1. The molecule has 2 aliphatic heterocycles. The Morgan fingerprint density at radius 3 is 2.20 bits per heavy atom. The fourth-order valence-corrected chi connectivity index (χ4v) is 4.45. The molecule has 1 unspecified atom stereocenters. The number of alkyl halides is 3. The average molecular weight is 559 g/mol. The van der Waals surface area contributed by atoms with Gasteiger partial charge >= 0.3 is 12.1 Å². The topological polar surface area (TPSA) is 111 Å². The highest BCUT2D eigenvalue weighted by Gasteiger charge is 2.38. The molecule has 40 heavy (non-hydrogen) atoms. The number of fused-ring (bicyclic) bond motifs is 1. The molecule has 3 aromatic rings. The second-order valence-corrected chi connectivity index (χ2v) is 9.15. The van der Waals surface area contributed by atoms with E-state index in [0.29, 0.717) is 12.4 Å². The largest absolute Gasteiger partial charge is 0.497 e. The first-order valence-electron chi connectivity index (χ1n) is 12.5. The van der Waals surface area contributed by atoms with Crippen LogP contribution < -0.4 is 24.8 Å². The van der Waals surface area contributed by atoms with E-state index >= 15 is 0 Å². The first-order chi connectivity index (χ1) is 19.1. The molecule has 2 N–H and O–H groups in total. The lowest BCUT2D eigenvalue weighted by Crippen LogP contribution is -2.49. The molecule has 212 valence electrons. The fourth-order valence-electron chi connectivity index (χ4n) is 4.45. The molecule has 1 fully saturated rings. The van der Waals surface area contributed by atoms with Crippen molar-refractivity contribution in [2.24, 2.45) is 0 Å². The Bertz CT molecular complexity index is 1320. The van der Waals surface area contributed by atoms with Gasteiger partial charge in [0.1, 0.15) is 23.8 Å². The summed E-state index contributed by atoms with van der Waals surface area (Å²) in [6.07, 6.45) is -3.50. The molecule has 13 heteroatoms. The van der Waals surface area contributed by atoms with Gasteiger partial charge in [0.15, 0.2) is 11.6 Å². The van der Waals surface area contributed by atoms with Gasteiger partial charge in [0, 0.05) is 31.9 Å². The van der Waals surface area contributed by atoms with Crippen LogP contribution in [0.15, 0.2) is 60.9 Å². The standard InChI is InChI=1S/C25H28N6O2.C2HF3O2/c1-18-25(32)31(16-19-8-10-21(33-2)11-9-19)22-23(28-18)26-17-27-24(22)30-14-12-29(13-15-30)20-6-4-3-5-7-20;3-2(4,5)1(6)7/h3-11,17-18H,12-16H2,1-2H3,(H,26,27,28);(H,6,7). The maximum Gasteiger partial charge on any atom is 0.490 e. The molecule has 0 aliphatic carbocycles. The quantitative estimate of drug-likeness (QED) is 0.483. The zero-order chi connectivity index (χ0) is 28.9. The number of carboxylic acid groups (broad SMARTS) is 1. The van der Waals surface area contributed by atoms with Gasteiger partial charge in [-0.2, -0.15) is 13.2 Å². The molecule has 0 radical (unpaired) electrons. The summed E-state index contributed by atoms with van der Waals surface area (Å²) in [5, 5.41) is 10.4. The summed E-state index contributed by atoms with van der Waals surface area (Å²) in [6.45, 7) is 5.73. The number of benzene rings is 2. The highest BCUT2D eigenvalue weighted by molar-refractivity contribution is 6.06. The zero-order valence-corrected chi connectivity index (χ0v) is 21.9. The Hall–Kier alpha value is -4.55. The van der Waals surface area contributed by atoms with Crippen LogP contribution in [0.25, 0.3) is 0 Å². The van der Waals surface area contributed by atoms with E-state index < -0.39 is 12.1 Å². The lowest BCUT2D eigenvalue weighted by atomic mass is 10.1. The number of hydrogen-bond donors (Lipinski definition) is 2. The Morgan fingerprint density at radius 2 is 1.62 bits per heavy atom. The third-order valence-electron chi connectivity index (χ3n) is 6.51. The first-order valence-corrected chi connectivity index (χ1v) is 12.5. The van der Waals surface area contributed by atoms with Gasteiger partial charge in [-0.15, -0.1) is 0 Å². The number of carboxylic acids is 1. The number of amides is 1. The number of aliphatic carboxylic acids is 1. The van der Waals surface area contributed by atoms with Gasteiger partial charge in [-0.1, -0.05) is 30.3 Å². The number of nitrogens with zero attached hydrogens (tertiary/aromatic N) is 5. The zero-order valence-electron chi connectivity index (χ0n) is 21.9. The van der Waals surface area contributed by atoms with Gasteiger partial charge in [-0.3, -0.25) is 9.69 Å².